The van der Waals surface area contributed by atoms with Crippen LogP contribution < -0.4 is 4.74 Å². The largest absolute Gasteiger partial charge is 0.422 e. The third-order valence-corrected chi connectivity index (χ3v) is 4.05. The third-order valence-electron chi connectivity index (χ3n) is 4.05. The Morgan fingerprint density at radius 3 is 2.38 bits per heavy atom. The summed E-state index contributed by atoms with van der Waals surface area (Å²) in [6.45, 7) is 0. The summed E-state index contributed by atoms with van der Waals surface area (Å²) in [7, 11) is 0. The number of aromatic nitrogens is 4. The van der Waals surface area contributed by atoms with Gasteiger partial charge in [-0.15, -0.1) is 0 Å². The van der Waals surface area contributed by atoms with Crippen LogP contribution in [0.3, 0.4) is 0 Å². The zero-order valence-corrected chi connectivity index (χ0v) is 13.0. The monoisotopic (exact) mass is 344 g/mol. The lowest BCUT2D eigenvalue weighted by Gasteiger charge is -2.08. The summed E-state index contributed by atoms with van der Waals surface area (Å²) in [6.07, 6.45) is 0. The van der Waals surface area contributed by atoms with E-state index in [0.29, 0.717) is 16.8 Å². The van der Waals surface area contributed by atoms with E-state index < -0.39 is 5.97 Å². The van der Waals surface area contributed by atoms with E-state index in [2.05, 4.69) is 24.9 Å². The maximum absolute atomic E-state index is 12.8. The van der Waals surface area contributed by atoms with Crippen molar-refractivity contribution in [2.75, 3.05) is 0 Å². The summed E-state index contributed by atoms with van der Waals surface area (Å²) in [5.41, 5.74) is 2.01. The molecule has 5 rings (SSSR count). The van der Waals surface area contributed by atoms with E-state index in [0.717, 1.165) is 0 Å². The highest BCUT2D eigenvalue weighted by Gasteiger charge is 2.34. The first kappa shape index (κ1) is 14.4. The molecule has 0 fully saturated rings. The average Bonchev–Trinajstić information content (AvgIpc) is 3.24. The number of benzene rings is 2. The molecule has 0 spiro atoms. The first-order valence-corrected chi connectivity index (χ1v) is 7.68. The fourth-order valence-electron chi connectivity index (χ4n) is 2.88. The van der Waals surface area contributed by atoms with Crippen molar-refractivity contribution in [3.63, 3.8) is 0 Å². The SMILES string of the molecule is O=C(Oc1cccc2c1C(=O)c1nc3nonc3nc1-2)c1ccccc1. The van der Waals surface area contributed by atoms with E-state index in [-0.39, 0.29) is 34.1 Å². The van der Waals surface area contributed by atoms with Crippen molar-refractivity contribution in [3.8, 4) is 17.0 Å². The van der Waals surface area contributed by atoms with Crippen LogP contribution in [0.15, 0.2) is 53.2 Å². The van der Waals surface area contributed by atoms with Gasteiger partial charge in [0.2, 0.25) is 17.1 Å². The Morgan fingerprint density at radius 1 is 0.885 bits per heavy atom. The van der Waals surface area contributed by atoms with Crippen LogP contribution in [-0.4, -0.2) is 32.0 Å². The maximum atomic E-state index is 12.8. The van der Waals surface area contributed by atoms with Crippen LogP contribution in [0.5, 0.6) is 5.75 Å². The van der Waals surface area contributed by atoms with Crippen molar-refractivity contribution in [2.24, 2.45) is 0 Å². The van der Waals surface area contributed by atoms with Gasteiger partial charge in [0.1, 0.15) is 17.1 Å². The van der Waals surface area contributed by atoms with Gasteiger partial charge < -0.3 is 4.74 Å². The van der Waals surface area contributed by atoms with E-state index in [9.17, 15) is 9.59 Å². The lowest BCUT2D eigenvalue weighted by Crippen LogP contribution is -2.11. The minimum atomic E-state index is -0.551. The van der Waals surface area contributed by atoms with Gasteiger partial charge in [0.05, 0.1) is 11.1 Å². The molecule has 124 valence electrons. The molecule has 0 unspecified atom stereocenters. The molecule has 4 aromatic rings. The Hall–Kier alpha value is -3.94. The Morgan fingerprint density at radius 2 is 1.62 bits per heavy atom. The second-order valence-electron chi connectivity index (χ2n) is 5.60. The summed E-state index contributed by atoms with van der Waals surface area (Å²) >= 11 is 0. The van der Waals surface area contributed by atoms with Gasteiger partial charge in [-0.1, -0.05) is 30.3 Å². The van der Waals surface area contributed by atoms with Gasteiger partial charge in [-0.05, 0) is 28.5 Å². The van der Waals surface area contributed by atoms with Gasteiger partial charge in [-0.2, -0.15) is 0 Å². The molecular weight excluding hydrogens is 336 g/mol. The standard InChI is InChI=1S/C18H8N4O4/c23-15-12-10(13-14(15)20-17-16(19-13)21-26-22-17)7-4-8-11(12)25-18(24)9-5-2-1-3-6-9/h1-8H. The summed E-state index contributed by atoms with van der Waals surface area (Å²) in [5.74, 6) is -0.778. The van der Waals surface area contributed by atoms with Gasteiger partial charge in [0, 0.05) is 5.56 Å². The number of carbonyl (C=O) groups excluding carboxylic acids is 2. The summed E-state index contributed by atoms with van der Waals surface area (Å²) in [6, 6.07) is 13.5. The van der Waals surface area contributed by atoms with Crippen molar-refractivity contribution < 1.29 is 19.0 Å². The Labute approximate surface area is 145 Å². The number of esters is 1. The highest BCUT2D eigenvalue weighted by atomic mass is 16.6. The molecule has 0 N–H and O–H groups in total. The first-order valence-electron chi connectivity index (χ1n) is 7.68. The highest BCUT2D eigenvalue weighted by molar-refractivity contribution is 6.22. The van der Waals surface area contributed by atoms with Crippen LogP contribution in [0.4, 0.5) is 0 Å². The van der Waals surface area contributed by atoms with Gasteiger partial charge >= 0.3 is 5.97 Å². The molecule has 2 heterocycles. The maximum Gasteiger partial charge on any atom is 0.343 e. The average molecular weight is 344 g/mol. The number of ether oxygens (including phenoxy) is 1. The second kappa shape index (κ2) is 5.28. The molecular formula is C18H8N4O4. The Bertz CT molecular complexity index is 1200. The molecule has 1 aliphatic carbocycles. The van der Waals surface area contributed by atoms with E-state index in [1.807, 2.05) is 0 Å². The summed E-state index contributed by atoms with van der Waals surface area (Å²) < 4.78 is 10.0. The van der Waals surface area contributed by atoms with Gasteiger partial charge in [0.15, 0.2) is 0 Å². The molecule has 0 bridgehead atoms. The van der Waals surface area contributed by atoms with Crippen molar-refractivity contribution >= 4 is 23.0 Å². The molecule has 0 saturated heterocycles. The summed E-state index contributed by atoms with van der Waals surface area (Å²) in [5, 5.41) is 7.25. The predicted molar refractivity (Wildman–Crippen MR) is 87.7 cm³/mol. The van der Waals surface area contributed by atoms with Crippen LogP contribution in [0, 0.1) is 0 Å². The van der Waals surface area contributed by atoms with Crippen molar-refractivity contribution in [1.29, 1.82) is 0 Å². The minimum absolute atomic E-state index is 0.131. The van der Waals surface area contributed by atoms with E-state index >= 15 is 0 Å². The quantitative estimate of drug-likeness (QED) is 0.355. The van der Waals surface area contributed by atoms with Crippen LogP contribution in [0.1, 0.15) is 26.4 Å². The lowest BCUT2D eigenvalue weighted by atomic mass is 10.1. The van der Waals surface area contributed by atoms with Crippen molar-refractivity contribution in [2.45, 2.75) is 0 Å². The molecule has 2 aromatic heterocycles. The molecule has 1 aliphatic rings. The second-order valence-corrected chi connectivity index (χ2v) is 5.60. The number of carbonyl (C=O) groups is 2. The predicted octanol–water partition coefficient (Wildman–Crippen LogP) is 2.44. The number of fused-ring (bicyclic) bond motifs is 4. The van der Waals surface area contributed by atoms with Crippen molar-refractivity contribution in [3.05, 3.63) is 65.4 Å². The molecule has 8 nitrogen and oxygen atoms in total. The minimum Gasteiger partial charge on any atom is -0.422 e. The number of rotatable bonds is 2. The molecule has 0 radical (unpaired) electrons. The van der Waals surface area contributed by atoms with E-state index in [1.165, 1.54) is 0 Å². The van der Waals surface area contributed by atoms with Crippen LogP contribution in [0.2, 0.25) is 0 Å². The lowest BCUT2D eigenvalue weighted by molar-refractivity contribution is 0.0733. The third kappa shape index (κ3) is 2.02. The van der Waals surface area contributed by atoms with Gasteiger partial charge in [0.25, 0.3) is 0 Å². The molecule has 0 saturated carbocycles. The number of hydrogen-bond acceptors (Lipinski definition) is 8. The van der Waals surface area contributed by atoms with E-state index in [4.69, 9.17) is 4.74 Å². The molecule has 0 amide bonds. The Balaban J connectivity index is 1.61. The van der Waals surface area contributed by atoms with Crippen LogP contribution in [0.25, 0.3) is 22.6 Å². The smallest absolute Gasteiger partial charge is 0.343 e. The number of ketones is 1. The fourth-order valence-corrected chi connectivity index (χ4v) is 2.88. The number of nitrogens with zero attached hydrogens (tertiary/aromatic N) is 4. The highest BCUT2D eigenvalue weighted by Crippen LogP contribution is 2.39. The summed E-state index contributed by atoms with van der Waals surface area (Å²) in [4.78, 5) is 33.6. The zero-order chi connectivity index (χ0) is 17.7. The number of hydrogen-bond donors (Lipinski definition) is 0. The molecule has 0 aliphatic heterocycles. The van der Waals surface area contributed by atoms with E-state index in [1.54, 1.807) is 48.5 Å². The normalized spacial score (nSPS) is 12.1. The molecule has 8 heteroatoms. The van der Waals surface area contributed by atoms with Gasteiger partial charge in [-0.25, -0.2) is 19.4 Å². The van der Waals surface area contributed by atoms with Gasteiger partial charge in [-0.3, -0.25) is 4.79 Å². The zero-order valence-electron chi connectivity index (χ0n) is 13.0. The molecule has 0 atom stereocenters. The molecule has 2 aromatic carbocycles. The first-order chi connectivity index (χ1) is 12.7. The van der Waals surface area contributed by atoms with Crippen LogP contribution in [-0.2, 0) is 0 Å². The topological polar surface area (TPSA) is 108 Å². The van der Waals surface area contributed by atoms with Crippen molar-refractivity contribution in [1.82, 2.24) is 20.3 Å². The van der Waals surface area contributed by atoms with Crippen LogP contribution >= 0.6 is 0 Å². The Kier molecular flexibility index (Phi) is 2.93. The molecule has 26 heavy (non-hydrogen) atoms. The fraction of sp³-hybridized carbons (Fsp3) is 0.